The van der Waals surface area contributed by atoms with Crippen LogP contribution in [0.2, 0.25) is 0 Å². The van der Waals surface area contributed by atoms with Crippen molar-refractivity contribution in [2.75, 3.05) is 6.54 Å². The molecule has 0 saturated heterocycles. The fourth-order valence-corrected chi connectivity index (χ4v) is 1.95. The molecule has 0 bridgehead atoms. The molecule has 4 nitrogen and oxygen atoms in total. The minimum atomic E-state index is -0.197. The smallest absolute Gasteiger partial charge is 0.252 e. The highest BCUT2D eigenvalue weighted by Crippen LogP contribution is 2.19. The quantitative estimate of drug-likeness (QED) is 0.775. The van der Waals surface area contributed by atoms with Gasteiger partial charge in [0.15, 0.2) is 0 Å². The molecule has 0 unspecified atom stereocenters. The molecule has 0 atom stereocenters. The third kappa shape index (κ3) is 3.31. The summed E-state index contributed by atoms with van der Waals surface area (Å²) < 4.78 is 0. The lowest BCUT2D eigenvalue weighted by Gasteiger charge is -2.05. The van der Waals surface area contributed by atoms with E-state index in [0.717, 1.165) is 12.8 Å². The Kier molecular flexibility index (Phi) is 3.75. The van der Waals surface area contributed by atoms with Crippen molar-refractivity contribution < 1.29 is 4.79 Å². The van der Waals surface area contributed by atoms with Crippen LogP contribution in [0.3, 0.4) is 0 Å². The molecule has 1 aromatic rings. The third-order valence-electron chi connectivity index (χ3n) is 2.91. The van der Waals surface area contributed by atoms with Gasteiger partial charge in [-0.1, -0.05) is 11.6 Å². The van der Waals surface area contributed by atoms with Gasteiger partial charge in [-0.15, -0.1) is 0 Å². The molecule has 0 spiro atoms. The molecule has 1 aromatic heterocycles. The molecule has 1 aliphatic rings. The first kappa shape index (κ1) is 11.6. The zero-order valence-corrected chi connectivity index (χ0v) is 9.66. The summed E-state index contributed by atoms with van der Waals surface area (Å²) in [7, 11) is 0. The van der Waals surface area contributed by atoms with Gasteiger partial charge in [0.25, 0.3) is 5.91 Å². The fourth-order valence-electron chi connectivity index (χ4n) is 1.95. The number of rotatable bonds is 4. The maximum absolute atomic E-state index is 11.7. The van der Waals surface area contributed by atoms with E-state index >= 15 is 0 Å². The maximum atomic E-state index is 11.7. The van der Waals surface area contributed by atoms with Gasteiger partial charge in [-0.25, -0.2) is 0 Å². The summed E-state index contributed by atoms with van der Waals surface area (Å²) in [4.78, 5) is 25.0. The fraction of sp³-hybridized carbons (Fsp3) is 0.385. The molecular formula is C13H16N2O2. The van der Waals surface area contributed by atoms with Crippen molar-refractivity contribution >= 4 is 5.91 Å². The average Bonchev–Trinajstić information content (AvgIpc) is 2.83. The van der Waals surface area contributed by atoms with Gasteiger partial charge in [-0.2, -0.15) is 0 Å². The van der Waals surface area contributed by atoms with Crippen LogP contribution in [0.1, 0.15) is 36.0 Å². The van der Waals surface area contributed by atoms with Crippen molar-refractivity contribution in [2.24, 2.45) is 0 Å². The molecule has 1 amide bonds. The lowest BCUT2D eigenvalue weighted by Crippen LogP contribution is -2.25. The molecule has 0 aromatic carbocycles. The van der Waals surface area contributed by atoms with E-state index in [-0.39, 0.29) is 11.5 Å². The van der Waals surface area contributed by atoms with Gasteiger partial charge in [0.05, 0.1) is 5.56 Å². The number of hydrogen-bond acceptors (Lipinski definition) is 2. The second kappa shape index (κ2) is 5.48. The number of H-pyrrole nitrogens is 1. The van der Waals surface area contributed by atoms with Gasteiger partial charge in [0.1, 0.15) is 0 Å². The van der Waals surface area contributed by atoms with Crippen molar-refractivity contribution in [1.82, 2.24) is 10.3 Å². The molecule has 0 aliphatic heterocycles. The molecule has 0 radical (unpaired) electrons. The van der Waals surface area contributed by atoms with E-state index < -0.39 is 0 Å². The molecule has 4 heteroatoms. The lowest BCUT2D eigenvalue weighted by atomic mass is 10.1. The van der Waals surface area contributed by atoms with Gasteiger partial charge in [0.2, 0.25) is 5.56 Å². The average molecular weight is 232 g/mol. The van der Waals surface area contributed by atoms with E-state index in [4.69, 9.17) is 0 Å². The van der Waals surface area contributed by atoms with E-state index in [0.29, 0.717) is 12.1 Å². The minimum absolute atomic E-state index is 0.139. The van der Waals surface area contributed by atoms with Gasteiger partial charge in [0, 0.05) is 18.8 Å². The Balaban J connectivity index is 1.80. The Morgan fingerprint density at radius 1 is 1.41 bits per heavy atom. The molecule has 2 N–H and O–H groups in total. The summed E-state index contributed by atoms with van der Waals surface area (Å²) in [6, 6.07) is 2.89. The van der Waals surface area contributed by atoms with Crippen LogP contribution >= 0.6 is 0 Å². The summed E-state index contributed by atoms with van der Waals surface area (Å²) in [6.07, 6.45) is 8.19. The number of aromatic amines is 1. The lowest BCUT2D eigenvalue weighted by molar-refractivity contribution is 0.0953. The highest BCUT2D eigenvalue weighted by Gasteiger charge is 2.07. The SMILES string of the molecule is O=C(NCCC1=CCCC1)c1ccc(=O)[nH]c1. The zero-order valence-electron chi connectivity index (χ0n) is 9.66. The predicted molar refractivity (Wildman–Crippen MR) is 65.9 cm³/mol. The van der Waals surface area contributed by atoms with Crippen LogP contribution in [0, 0.1) is 0 Å². The van der Waals surface area contributed by atoms with Crippen molar-refractivity contribution in [3.8, 4) is 0 Å². The van der Waals surface area contributed by atoms with E-state index in [1.165, 1.54) is 36.7 Å². The van der Waals surface area contributed by atoms with Gasteiger partial charge < -0.3 is 10.3 Å². The largest absolute Gasteiger partial charge is 0.352 e. The van der Waals surface area contributed by atoms with E-state index in [9.17, 15) is 9.59 Å². The third-order valence-corrected chi connectivity index (χ3v) is 2.91. The molecule has 0 fully saturated rings. The molecule has 90 valence electrons. The van der Waals surface area contributed by atoms with Crippen molar-refractivity contribution in [3.05, 3.63) is 45.9 Å². The summed E-state index contributed by atoms with van der Waals surface area (Å²) in [5.41, 5.74) is 1.73. The second-order valence-electron chi connectivity index (χ2n) is 4.20. The molecule has 2 rings (SSSR count). The van der Waals surface area contributed by atoms with Gasteiger partial charge >= 0.3 is 0 Å². The molecule has 1 heterocycles. The highest BCUT2D eigenvalue weighted by atomic mass is 16.1. The highest BCUT2D eigenvalue weighted by molar-refractivity contribution is 5.93. The summed E-state index contributed by atoms with van der Waals surface area (Å²) >= 11 is 0. The topological polar surface area (TPSA) is 62.0 Å². The molecule has 0 saturated carbocycles. The first-order chi connectivity index (χ1) is 8.25. The second-order valence-corrected chi connectivity index (χ2v) is 4.20. The van der Waals surface area contributed by atoms with Crippen LogP contribution in [-0.2, 0) is 0 Å². The Morgan fingerprint density at radius 2 is 2.29 bits per heavy atom. The number of aromatic nitrogens is 1. The minimum Gasteiger partial charge on any atom is -0.352 e. The van der Waals surface area contributed by atoms with E-state index in [1.807, 2.05) is 0 Å². The molecular weight excluding hydrogens is 216 g/mol. The van der Waals surface area contributed by atoms with Crippen molar-refractivity contribution in [2.45, 2.75) is 25.7 Å². The van der Waals surface area contributed by atoms with Crippen LogP contribution in [0.5, 0.6) is 0 Å². The number of carbonyl (C=O) groups is 1. The summed E-state index contributed by atoms with van der Waals surface area (Å²) in [6.45, 7) is 0.657. The van der Waals surface area contributed by atoms with E-state index in [2.05, 4.69) is 16.4 Å². The number of hydrogen-bond donors (Lipinski definition) is 2. The van der Waals surface area contributed by atoms with Gasteiger partial charge in [-0.3, -0.25) is 9.59 Å². The Morgan fingerprint density at radius 3 is 2.94 bits per heavy atom. The number of amides is 1. The Hall–Kier alpha value is -1.84. The first-order valence-electron chi connectivity index (χ1n) is 5.90. The van der Waals surface area contributed by atoms with Crippen LogP contribution < -0.4 is 10.9 Å². The first-order valence-corrected chi connectivity index (χ1v) is 5.90. The maximum Gasteiger partial charge on any atom is 0.252 e. The van der Waals surface area contributed by atoms with Crippen LogP contribution in [0.25, 0.3) is 0 Å². The van der Waals surface area contributed by atoms with Crippen LogP contribution in [0.4, 0.5) is 0 Å². The number of carbonyl (C=O) groups excluding carboxylic acids is 1. The van der Waals surface area contributed by atoms with Crippen LogP contribution in [0.15, 0.2) is 34.8 Å². The van der Waals surface area contributed by atoms with Crippen LogP contribution in [-0.4, -0.2) is 17.4 Å². The van der Waals surface area contributed by atoms with Crippen molar-refractivity contribution in [3.63, 3.8) is 0 Å². The molecule has 17 heavy (non-hydrogen) atoms. The monoisotopic (exact) mass is 232 g/mol. The van der Waals surface area contributed by atoms with Crippen molar-refractivity contribution in [1.29, 1.82) is 0 Å². The Labute approximate surface area is 99.7 Å². The van der Waals surface area contributed by atoms with E-state index in [1.54, 1.807) is 0 Å². The number of nitrogens with one attached hydrogen (secondary N) is 2. The standard InChI is InChI=1S/C13H16N2O2/c16-12-6-5-11(9-15-12)13(17)14-8-7-10-3-1-2-4-10/h3,5-6,9H,1-2,4,7-8H2,(H,14,17)(H,15,16). The predicted octanol–water partition coefficient (Wildman–Crippen LogP) is 1.61. The normalized spacial score (nSPS) is 14.5. The van der Waals surface area contributed by atoms with Gasteiger partial charge in [-0.05, 0) is 31.7 Å². The summed E-state index contributed by atoms with van der Waals surface area (Å²) in [5.74, 6) is -0.139. The summed E-state index contributed by atoms with van der Waals surface area (Å²) in [5, 5.41) is 2.84. The number of pyridine rings is 1. The Bertz CT molecular complexity index is 468. The number of allylic oxidation sites excluding steroid dienone is 1. The molecule has 1 aliphatic carbocycles. The zero-order chi connectivity index (χ0) is 12.1.